The van der Waals surface area contributed by atoms with Crippen molar-refractivity contribution in [1.29, 1.82) is 0 Å². The van der Waals surface area contributed by atoms with Gasteiger partial charge in [-0.2, -0.15) is 0 Å². The van der Waals surface area contributed by atoms with Crippen LogP contribution in [-0.2, 0) is 0 Å². The Labute approximate surface area is 111 Å². The molecule has 1 N–H and O–H groups in total. The zero-order chi connectivity index (χ0) is 13.0. The predicted molar refractivity (Wildman–Crippen MR) is 77.3 cm³/mol. The molecular weight excluding hydrogens is 244 g/mol. The minimum absolute atomic E-state index is 0.0156. The molecule has 3 nitrogen and oxygen atoms in total. The van der Waals surface area contributed by atoms with Crippen molar-refractivity contribution in [1.82, 2.24) is 10.2 Å². The number of hydrogen-bond acceptors (Lipinski definition) is 3. The van der Waals surface area contributed by atoms with Crippen LogP contribution in [0.4, 0.5) is 0 Å². The van der Waals surface area contributed by atoms with Crippen LogP contribution in [0.1, 0.15) is 16.8 Å². The average molecular weight is 262 g/mol. The van der Waals surface area contributed by atoms with E-state index >= 15 is 0 Å². The first-order chi connectivity index (χ1) is 8.66. The fourth-order valence-electron chi connectivity index (χ4n) is 1.81. The quantitative estimate of drug-likeness (QED) is 0.840. The summed E-state index contributed by atoms with van der Waals surface area (Å²) in [6.45, 7) is 1.71. The monoisotopic (exact) mass is 262 g/mol. The Morgan fingerprint density at radius 3 is 2.94 bits per heavy atom. The van der Waals surface area contributed by atoms with E-state index in [4.69, 9.17) is 0 Å². The summed E-state index contributed by atoms with van der Waals surface area (Å²) in [4.78, 5) is 14.0. The number of carbonyl (C=O) groups excluding carboxylic acids is 1. The molecule has 0 aliphatic heterocycles. The minimum atomic E-state index is 0.0156. The molecule has 0 spiro atoms. The van der Waals surface area contributed by atoms with E-state index in [1.54, 1.807) is 11.3 Å². The molecule has 0 aliphatic carbocycles. The van der Waals surface area contributed by atoms with Gasteiger partial charge < -0.3 is 10.2 Å². The van der Waals surface area contributed by atoms with Crippen molar-refractivity contribution < 1.29 is 4.79 Å². The van der Waals surface area contributed by atoms with Gasteiger partial charge in [0.2, 0.25) is 0 Å². The van der Waals surface area contributed by atoms with Crippen LogP contribution in [0, 0.1) is 0 Å². The van der Waals surface area contributed by atoms with Gasteiger partial charge in [-0.25, -0.2) is 0 Å². The first kappa shape index (κ1) is 13.1. The van der Waals surface area contributed by atoms with Gasteiger partial charge in [0, 0.05) is 16.8 Å². The molecule has 0 atom stereocenters. The minimum Gasteiger partial charge on any atom is -0.352 e. The summed E-state index contributed by atoms with van der Waals surface area (Å²) in [5.74, 6) is 0.0156. The molecule has 1 heterocycles. The molecule has 0 bridgehead atoms. The number of benzene rings is 1. The summed E-state index contributed by atoms with van der Waals surface area (Å²) >= 11 is 1.70. The molecule has 0 fully saturated rings. The van der Waals surface area contributed by atoms with Crippen LogP contribution >= 0.6 is 11.3 Å². The normalized spacial score (nSPS) is 11.1. The molecule has 0 saturated carbocycles. The number of amides is 1. The second kappa shape index (κ2) is 5.98. The third-order valence-electron chi connectivity index (χ3n) is 2.78. The van der Waals surface area contributed by atoms with E-state index in [2.05, 4.69) is 10.2 Å². The molecular formula is C14H18N2OS. The highest BCUT2D eigenvalue weighted by Gasteiger charge is 2.06. The van der Waals surface area contributed by atoms with Gasteiger partial charge in [0.05, 0.1) is 0 Å². The molecule has 0 saturated heterocycles. The van der Waals surface area contributed by atoms with Crippen LogP contribution in [0.5, 0.6) is 0 Å². The molecule has 18 heavy (non-hydrogen) atoms. The molecule has 0 unspecified atom stereocenters. The fourth-order valence-corrected chi connectivity index (χ4v) is 2.58. The van der Waals surface area contributed by atoms with Crippen LogP contribution in [0.2, 0.25) is 0 Å². The Morgan fingerprint density at radius 1 is 1.33 bits per heavy atom. The predicted octanol–water partition coefficient (Wildman–Crippen LogP) is 2.58. The van der Waals surface area contributed by atoms with Crippen molar-refractivity contribution in [2.75, 3.05) is 27.2 Å². The smallest absolute Gasteiger partial charge is 0.251 e. The Hall–Kier alpha value is -1.39. The fraction of sp³-hybridized carbons (Fsp3) is 0.357. The van der Waals surface area contributed by atoms with E-state index in [-0.39, 0.29) is 5.91 Å². The lowest BCUT2D eigenvalue weighted by molar-refractivity contribution is 0.0952. The van der Waals surface area contributed by atoms with E-state index in [1.165, 1.54) is 4.70 Å². The summed E-state index contributed by atoms with van der Waals surface area (Å²) in [5, 5.41) is 6.13. The Morgan fingerprint density at radius 2 is 2.17 bits per heavy atom. The lowest BCUT2D eigenvalue weighted by Crippen LogP contribution is -2.27. The zero-order valence-electron chi connectivity index (χ0n) is 10.8. The van der Waals surface area contributed by atoms with Crippen molar-refractivity contribution in [3.63, 3.8) is 0 Å². The van der Waals surface area contributed by atoms with Crippen LogP contribution in [-0.4, -0.2) is 38.0 Å². The van der Waals surface area contributed by atoms with Gasteiger partial charge in [0.1, 0.15) is 0 Å². The Kier molecular flexibility index (Phi) is 4.33. The lowest BCUT2D eigenvalue weighted by atomic mass is 10.1. The van der Waals surface area contributed by atoms with Crippen molar-refractivity contribution in [3.05, 3.63) is 35.2 Å². The molecule has 0 radical (unpaired) electrons. The molecule has 1 amide bonds. The highest BCUT2D eigenvalue weighted by atomic mass is 32.1. The second-order valence-corrected chi connectivity index (χ2v) is 5.53. The second-order valence-electron chi connectivity index (χ2n) is 4.59. The highest BCUT2D eigenvalue weighted by molar-refractivity contribution is 7.17. The van der Waals surface area contributed by atoms with Crippen molar-refractivity contribution in [3.8, 4) is 0 Å². The summed E-state index contributed by atoms with van der Waals surface area (Å²) in [5.41, 5.74) is 0.741. The number of carbonyl (C=O) groups is 1. The maximum Gasteiger partial charge on any atom is 0.251 e. The number of hydrogen-bond donors (Lipinski definition) is 1. The number of fused-ring (bicyclic) bond motifs is 1. The summed E-state index contributed by atoms with van der Waals surface area (Å²) in [6, 6.07) is 7.89. The van der Waals surface area contributed by atoms with Crippen molar-refractivity contribution in [2.24, 2.45) is 0 Å². The molecule has 1 aromatic heterocycles. The van der Waals surface area contributed by atoms with Gasteiger partial charge in [-0.1, -0.05) is 0 Å². The number of nitrogens with one attached hydrogen (secondary N) is 1. The SMILES string of the molecule is CN(C)CCCNC(=O)c1ccc2sccc2c1. The van der Waals surface area contributed by atoms with Gasteiger partial charge in [-0.15, -0.1) is 11.3 Å². The molecule has 2 rings (SSSR count). The van der Waals surface area contributed by atoms with Crippen LogP contribution in [0.3, 0.4) is 0 Å². The average Bonchev–Trinajstić information content (AvgIpc) is 2.81. The number of rotatable bonds is 5. The third kappa shape index (κ3) is 3.31. The first-order valence-electron chi connectivity index (χ1n) is 6.07. The topological polar surface area (TPSA) is 32.3 Å². The van der Waals surface area contributed by atoms with Crippen LogP contribution in [0.15, 0.2) is 29.6 Å². The van der Waals surface area contributed by atoms with Crippen molar-refractivity contribution >= 4 is 27.3 Å². The van der Waals surface area contributed by atoms with E-state index < -0.39 is 0 Å². The van der Waals surface area contributed by atoms with Gasteiger partial charge in [-0.3, -0.25) is 4.79 Å². The molecule has 1 aromatic carbocycles. The number of nitrogens with zero attached hydrogens (tertiary/aromatic N) is 1. The van der Waals surface area contributed by atoms with E-state index in [9.17, 15) is 4.79 Å². The molecule has 0 aliphatic rings. The summed E-state index contributed by atoms with van der Waals surface area (Å²) in [6.07, 6.45) is 0.972. The molecule has 96 valence electrons. The van der Waals surface area contributed by atoms with Crippen molar-refractivity contribution in [2.45, 2.75) is 6.42 Å². The van der Waals surface area contributed by atoms with Gasteiger partial charge in [-0.05, 0) is 62.1 Å². The first-order valence-corrected chi connectivity index (χ1v) is 6.95. The lowest BCUT2D eigenvalue weighted by Gasteiger charge is -2.09. The Balaban J connectivity index is 1.92. The highest BCUT2D eigenvalue weighted by Crippen LogP contribution is 2.21. The van der Waals surface area contributed by atoms with Gasteiger partial charge >= 0.3 is 0 Å². The van der Waals surface area contributed by atoms with E-state index in [1.807, 2.05) is 43.7 Å². The summed E-state index contributed by atoms with van der Waals surface area (Å²) < 4.78 is 1.22. The third-order valence-corrected chi connectivity index (χ3v) is 3.68. The van der Waals surface area contributed by atoms with Crippen LogP contribution < -0.4 is 5.32 Å². The van der Waals surface area contributed by atoms with E-state index in [0.29, 0.717) is 0 Å². The Bertz CT molecular complexity index is 533. The maximum atomic E-state index is 11.9. The largest absolute Gasteiger partial charge is 0.352 e. The van der Waals surface area contributed by atoms with Gasteiger partial charge in [0.25, 0.3) is 5.91 Å². The standard InChI is InChI=1S/C14H18N2OS/c1-16(2)8-3-7-15-14(17)12-4-5-13-11(10-12)6-9-18-13/h4-6,9-10H,3,7-8H2,1-2H3,(H,15,17). The maximum absolute atomic E-state index is 11.9. The molecule has 2 aromatic rings. The molecule has 4 heteroatoms. The van der Waals surface area contributed by atoms with Crippen LogP contribution in [0.25, 0.3) is 10.1 Å². The number of thiophene rings is 1. The zero-order valence-corrected chi connectivity index (χ0v) is 11.6. The van der Waals surface area contributed by atoms with Gasteiger partial charge in [0.15, 0.2) is 0 Å². The van der Waals surface area contributed by atoms with E-state index in [0.717, 1.165) is 30.5 Å². The summed E-state index contributed by atoms with van der Waals surface area (Å²) in [7, 11) is 4.07.